The van der Waals surface area contributed by atoms with Gasteiger partial charge in [-0.15, -0.1) is 11.3 Å². The van der Waals surface area contributed by atoms with Crippen molar-refractivity contribution in [2.45, 2.75) is 13.3 Å². The van der Waals surface area contributed by atoms with E-state index in [1.807, 2.05) is 37.3 Å². The van der Waals surface area contributed by atoms with E-state index in [1.165, 1.54) is 6.33 Å². The molecule has 0 unspecified atom stereocenters. The first-order chi connectivity index (χ1) is 13.7. The summed E-state index contributed by atoms with van der Waals surface area (Å²) in [5, 5.41) is 13.1. The van der Waals surface area contributed by atoms with Crippen molar-refractivity contribution >= 4 is 28.5 Å². The Labute approximate surface area is 169 Å². The highest BCUT2D eigenvalue weighted by Crippen LogP contribution is 2.37. The average molecular weight is 408 g/mol. The molecule has 0 atom stereocenters. The lowest BCUT2D eigenvalue weighted by atomic mass is 10.1. The molecular weight excluding hydrogens is 394 g/mol. The minimum absolute atomic E-state index is 0.670. The van der Waals surface area contributed by atoms with Crippen LogP contribution in [0.2, 0.25) is 5.02 Å². The van der Waals surface area contributed by atoms with Gasteiger partial charge in [-0.2, -0.15) is 10.2 Å². The first-order valence-electron chi connectivity index (χ1n) is 8.58. The predicted octanol–water partition coefficient (Wildman–Crippen LogP) is 4.19. The molecule has 7 nitrogen and oxygen atoms in total. The Bertz CT molecular complexity index is 1260. The molecule has 0 fully saturated rings. The number of nitrogens with one attached hydrogen (secondary N) is 1. The molecule has 0 aliphatic carbocycles. The van der Waals surface area contributed by atoms with E-state index in [9.17, 15) is 0 Å². The van der Waals surface area contributed by atoms with E-state index < -0.39 is 0 Å². The van der Waals surface area contributed by atoms with Crippen molar-refractivity contribution in [2.24, 2.45) is 0 Å². The van der Waals surface area contributed by atoms with Gasteiger partial charge in [-0.25, -0.2) is 19.5 Å². The van der Waals surface area contributed by atoms with Gasteiger partial charge in [-0.05, 0) is 30.7 Å². The standard InChI is InChI=1S/C19H14ClN7S/c1-11-16(15-6-7-21-10-27(15)26-11)19-24-14(8-12-2-4-13(20)5-3-12)17(28-19)18-22-9-23-25-18/h2-7,9-10H,8H2,1H3,(H,22,23,25). The van der Waals surface area contributed by atoms with Crippen LogP contribution in [0.3, 0.4) is 0 Å². The van der Waals surface area contributed by atoms with Crippen molar-refractivity contribution in [1.82, 2.24) is 34.8 Å². The number of halogens is 1. The van der Waals surface area contributed by atoms with Crippen LogP contribution in [0.5, 0.6) is 0 Å². The van der Waals surface area contributed by atoms with E-state index in [-0.39, 0.29) is 0 Å². The van der Waals surface area contributed by atoms with E-state index in [1.54, 1.807) is 28.4 Å². The quantitative estimate of drug-likeness (QED) is 0.482. The molecule has 0 radical (unpaired) electrons. The fraction of sp³-hybridized carbons (Fsp3) is 0.105. The molecule has 4 heterocycles. The fourth-order valence-electron chi connectivity index (χ4n) is 3.17. The summed E-state index contributed by atoms with van der Waals surface area (Å²) in [5.74, 6) is 0.712. The molecule has 9 heteroatoms. The number of aryl methyl sites for hydroxylation is 1. The molecule has 0 spiro atoms. The van der Waals surface area contributed by atoms with Crippen LogP contribution in [0, 0.1) is 6.92 Å². The zero-order valence-electron chi connectivity index (χ0n) is 14.8. The molecule has 0 amide bonds. The largest absolute Gasteiger partial charge is 0.259 e. The molecule has 4 aromatic heterocycles. The van der Waals surface area contributed by atoms with Crippen LogP contribution in [0.25, 0.3) is 26.8 Å². The Morgan fingerprint density at radius 3 is 2.82 bits per heavy atom. The molecule has 1 aromatic carbocycles. The second kappa shape index (κ2) is 6.81. The Morgan fingerprint density at radius 2 is 2.04 bits per heavy atom. The molecule has 0 saturated heterocycles. The summed E-state index contributed by atoms with van der Waals surface area (Å²) in [7, 11) is 0. The summed E-state index contributed by atoms with van der Waals surface area (Å²) in [6.45, 7) is 1.98. The zero-order chi connectivity index (χ0) is 19.1. The highest BCUT2D eigenvalue weighted by Gasteiger charge is 2.21. The fourth-order valence-corrected chi connectivity index (χ4v) is 4.43. The van der Waals surface area contributed by atoms with Gasteiger partial charge in [0.15, 0.2) is 5.82 Å². The number of nitrogens with zero attached hydrogens (tertiary/aromatic N) is 6. The number of hydrogen-bond donors (Lipinski definition) is 1. The summed E-state index contributed by atoms with van der Waals surface area (Å²) in [6, 6.07) is 9.75. The van der Waals surface area contributed by atoms with E-state index in [0.29, 0.717) is 17.3 Å². The van der Waals surface area contributed by atoms with E-state index in [4.69, 9.17) is 16.6 Å². The number of fused-ring (bicyclic) bond motifs is 1. The summed E-state index contributed by atoms with van der Waals surface area (Å²) >= 11 is 7.60. The van der Waals surface area contributed by atoms with Gasteiger partial charge in [-0.3, -0.25) is 5.10 Å². The van der Waals surface area contributed by atoms with Crippen molar-refractivity contribution in [3.05, 3.63) is 71.2 Å². The van der Waals surface area contributed by atoms with Crippen LogP contribution < -0.4 is 0 Å². The Morgan fingerprint density at radius 1 is 1.18 bits per heavy atom. The zero-order valence-corrected chi connectivity index (χ0v) is 16.4. The SMILES string of the molecule is Cc1nn2cnccc2c1-c1nc(Cc2ccc(Cl)cc2)c(-c2ncn[nH]2)s1. The topological polar surface area (TPSA) is 84.7 Å². The number of aromatic amines is 1. The van der Waals surface area contributed by atoms with E-state index in [2.05, 4.69) is 25.3 Å². The van der Waals surface area contributed by atoms with Crippen LogP contribution in [0.1, 0.15) is 17.0 Å². The number of H-pyrrole nitrogens is 1. The average Bonchev–Trinajstić information content (AvgIpc) is 3.41. The van der Waals surface area contributed by atoms with Gasteiger partial charge in [0.25, 0.3) is 0 Å². The van der Waals surface area contributed by atoms with Crippen LogP contribution in [0.15, 0.2) is 49.2 Å². The van der Waals surface area contributed by atoms with Crippen LogP contribution in [-0.4, -0.2) is 34.8 Å². The highest BCUT2D eigenvalue weighted by atomic mass is 35.5. The predicted molar refractivity (Wildman–Crippen MR) is 108 cm³/mol. The monoisotopic (exact) mass is 407 g/mol. The Kier molecular flexibility index (Phi) is 4.14. The number of thiazole rings is 1. The van der Waals surface area contributed by atoms with Gasteiger partial charge in [-0.1, -0.05) is 23.7 Å². The molecule has 5 aromatic rings. The molecule has 1 N–H and O–H groups in total. The number of hydrogen-bond acceptors (Lipinski definition) is 6. The molecule has 0 bridgehead atoms. The third-order valence-electron chi connectivity index (χ3n) is 4.44. The van der Waals surface area contributed by atoms with Crippen molar-refractivity contribution in [3.8, 4) is 21.3 Å². The molecule has 0 saturated carbocycles. The third-order valence-corrected chi connectivity index (χ3v) is 5.82. The van der Waals surface area contributed by atoms with Gasteiger partial charge < -0.3 is 0 Å². The Balaban J connectivity index is 1.65. The molecule has 5 rings (SSSR count). The smallest absolute Gasteiger partial charge is 0.167 e. The first-order valence-corrected chi connectivity index (χ1v) is 9.77. The third kappa shape index (κ3) is 2.96. The lowest BCUT2D eigenvalue weighted by Gasteiger charge is -2.01. The minimum Gasteiger partial charge on any atom is -0.259 e. The van der Waals surface area contributed by atoms with Crippen LogP contribution >= 0.6 is 22.9 Å². The van der Waals surface area contributed by atoms with Gasteiger partial charge in [0.1, 0.15) is 17.7 Å². The molecule has 0 aliphatic heterocycles. The molecule has 28 heavy (non-hydrogen) atoms. The van der Waals surface area contributed by atoms with E-state index in [0.717, 1.165) is 37.9 Å². The van der Waals surface area contributed by atoms with Gasteiger partial charge >= 0.3 is 0 Å². The van der Waals surface area contributed by atoms with Crippen molar-refractivity contribution in [3.63, 3.8) is 0 Å². The maximum atomic E-state index is 6.02. The normalized spacial score (nSPS) is 11.4. The molecule has 138 valence electrons. The number of benzene rings is 1. The lowest BCUT2D eigenvalue weighted by Crippen LogP contribution is -1.92. The summed E-state index contributed by atoms with van der Waals surface area (Å²) in [4.78, 5) is 14.4. The maximum Gasteiger partial charge on any atom is 0.167 e. The van der Waals surface area contributed by atoms with E-state index >= 15 is 0 Å². The first kappa shape index (κ1) is 17.0. The van der Waals surface area contributed by atoms with Crippen molar-refractivity contribution in [2.75, 3.05) is 0 Å². The summed E-state index contributed by atoms with van der Waals surface area (Å²) in [6.07, 6.45) is 5.64. The van der Waals surface area contributed by atoms with Crippen molar-refractivity contribution < 1.29 is 0 Å². The summed E-state index contributed by atoms with van der Waals surface area (Å²) in [5.41, 5.74) is 4.96. The highest BCUT2D eigenvalue weighted by molar-refractivity contribution is 7.18. The molecule has 0 aliphatic rings. The van der Waals surface area contributed by atoms with Crippen LogP contribution in [0.4, 0.5) is 0 Å². The van der Waals surface area contributed by atoms with Gasteiger partial charge in [0, 0.05) is 17.6 Å². The second-order valence-corrected chi connectivity index (χ2v) is 7.74. The Hall–Kier alpha value is -3.10. The second-order valence-electron chi connectivity index (χ2n) is 6.30. The molecular formula is C19H14ClN7S. The lowest BCUT2D eigenvalue weighted by molar-refractivity contribution is 0.901. The van der Waals surface area contributed by atoms with Crippen molar-refractivity contribution in [1.29, 1.82) is 0 Å². The van der Waals surface area contributed by atoms with Crippen LogP contribution in [-0.2, 0) is 6.42 Å². The van der Waals surface area contributed by atoms with Gasteiger partial charge in [0.2, 0.25) is 0 Å². The minimum atomic E-state index is 0.670. The van der Waals surface area contributed by atoms with Gasteiger partial charge in [0.05, 0.1) is 27.3 Å². The number of rotatable bonds is 4. The summed E-state index contributed by atoms with van der Waals surface area (Å²) < 4.78 is 1.78. The number of aromatic nitrogens is 7. The maximum absolute atomic E-state index is 6.02.